The van der Waals surface area contributed by atoms with E-state index in [2.05, 4.69) is 9.47 Å². The Morgan fingerprint density at radius 1 is 1.33 bits per heavy atom. The molecular formula is C7H11NO4. The van der Waals surface area contributed by atoms with E-state index in [9.17, 15) is 9.59 Å². The third-order valence-corrected chi connectivity index (χ3v) is 1.05. The molecule has 0 rings (SSSR count). The van der Waals surface area contributed by atoms with Crippen molar-refractivity contribution in [1.82, 2.24) is 5.32 Å². The van der Waals surface area contributed by atoms with Gasteiger partial charge in [0.2, 0.25) is 0 Å². The van der Waals surface area contributed by atoms with Crippen molar-refractivity contribution in [2.24, 2.45) is 0 Å². The van der Waals surface area contributed by atoms with Crippen LogP contribution >= 0.6 is 0 Å². The molecule has 12 heavy (non-hydrogen) atoms. The summed E-state index contributed by atoms with van der Waals surface area (Å²) in [5.41, 5.74) is 0.294. The standard InChI is InChI=1S/C7H11NO4/c1-5(4-11-2)6(9)8-7(10)12-3/h4H,1-3H3,(H,8,9,10)/b5-4-. The minimum Gasteiger partial charge on any atom is -0.504 e. The van der Waals surface area contributed by atoms with Crippen LogP contribution in [0, 0.1) is 0 Å². The number of methoxy groups -OCH3 is 2. The third kappa shape index (κ3) is 3.60. The van der Waals surface area contributed by atoms with Crippen molar-refractivity contribution in [3.8, 4) is 0 Å². The van der Waals surface area contributed by atoms with E-state index in [1.165, 1.54) is 27.4 Å². The van der Waals surface area contributed by atoms with Crippen LogP contribution in [0.2, 0.25) is 0 Å². The van der Waals surface area contributed by atoms with Gasteiger partial charge < -0.3 is 9.47 Å². The Balaban J connectivity index is 4.04. The highest BCUT2D eigenvalue weighted by Gasteiger charge is 2.08. The fourth-order valence-corrected chi connectivity index (χ4v) is 0.473. The van der Waals surface area contributed by atoms with Crippen molar-refractivity contribution in [3.05, 3.63) is 11.8 Å². The molecule has 0 aliphatic rings. The van der Waals surface area contributed by atoms with Gasteiger partial charge in [-0.1, -0.05) is 0 Å². The molecule has 0 fully saturated rings. The van der Waals surface area contributed by atoms with Crippen molar-refractivity contribution in [3.63, 3.8) is 0 Å². The van der Waals surface area contributed by atoms with Crippen LogP contribution in [0.3, 0.4) is 0 Å². The first-order chi connectivity index (χ1) is 5.61. The second-order valence-corrected chi connectivity index (χ2v) is 1.98. The van der Waals surface area contributed by atoms with Crippen molar-refractivity contribution in [2.75, 3.05) is 14.2 Å². The quantitative estimate of drug-likeness (QED) is 0.485. The summed E-state index contributed by atoms with van der Waals surface area (Å²) in [6, 6.07) is 0. The van der Waals surface area contributed by atoms with Gasteiger partial charge in [0, 0.05) is 5.57 Å². The van der Waals surface area contributed by atoms with Crippen LogP contribution < -0.4 is 5.32 Å². The zero-order valence-electron chi connectivity index (χ0n) is 7.21. The lowest BCUT2D eigenvalue weighted by atomic mass is 10.3. The number of carbonyl (C=O) groups is 2. The summed E-state index contributed by atoms with van der Waals surface area (Å²) in [7, 11) is 2.59. The molecule has 0 heterocycles. The van der Waals surface area contributed by atoms with Gasteiger partial charge in [-0.05, 0) is 6.92 Å². The molecule has 0 radical (unpaired) electrons. The Kier molecular flexibility index (Phi) is 4.52. The fourth-order valence-electron chi connectivity index (χ4n) is 0.473. The Bertz CT molecular complexity index is 209. The zero-order valence-corrected chi connectivity index (χ0v) is 7.21. The summed E-state index contributed by atoms with van der Waals surface area (Å²) in [5.74, 6) is -0.538. The summed E-state index contributed by atoms with van der Waals surface area (Å²) >= 11 is 0. The predicted molar refractivity (Wildman–Crippen MR) is 41.3 cm³/mol. The number of amides is 2. The molecule has 0 atom stereocenters. The van der Waals surface area contributed by atoms with Gasteiger partial charge in [0.25, 0.3) is 5.91 Å². The lowest BCUT2D eigenvalue weighted by Crippen LogP contribution is -2.30. The van der Waals surface area contributed by atoms with Gasteiger partial charge in [0.1, 0.15) is 0 Å². The smallest absolute Gasteiger partial charge is 0.413 e. The highest BCUT2D eigenvalue weighted by Crippen LogP contribution is 1.91. The number of hydrogen-bond acceptors (Lipinski definition) is 4. The van der Waals surface area contributed by atoms with E-state index in [0.29, 0.717) is 5.57 Å². The minimum atomic E-state index is -0.788. The largest absolute Gasteiger partial charge is 0.504 e. The van der Waals surface area contributed by atoms with Gasteiger partial charge in [-0.25, -0.2) is 4.79 Å². The van der Waals surface area contributed by atoms with Crippen LogP contribution in [0.15, 0.2) is 11.8 Å². The highest BCUT2D eigenvalue weighted by molar-refractivity contribution is 6.01. The molecule has 5 nitrogen and oxygen atoms in total. The van der Waals surface area contributed by atoms with E-state index >= 15 is 0 Å². The van der Waals surface area contributed by atoms with Crippen molar-refractivity contribution >= 4 is 12.0 Å². The average Bonchev–Trinajstić information content (AvgIpc) is 2.04. The van der Waals surface area contributed by atoms with Crippen molar-refractivity contribution in [1.29, 1.82) is 0 Å². The van der Waals surface area contributed by atoms with Crippen LogP contribution in [0.5, 0.6) is 0 Å². The second kappa shape index (κ2) is 5.17. The maximum Gasteiger partial charge on any atom is 0.413 e. The number of carbonyl (C=O) groups excluding carboxylic acids is 2. The number of hydrogen-bond donors (Lipinski definition) is 1. The molecule has 68 valence electrons. The number of imide groups is 1. The van der Waals surface area contributed by atoms with Gasteiger partial charge in [-0.15, -0.1) is 0 Å². The topological polar surface area (TPSA) is 64.6 Å². The summed E-state index contributed by atoms with van der Waals surface area (Å²) in [6.45, 7) is 1.52. The number of rotatable bonds is 2. The van der Waals surface area contributed by atoms with Crippen LogP contribution in [-0.4, -0.2) is 26.2 Å². The van der Waals surface area contributed by atoms with Gasteiger partial charge >= 0.3 is 6.09 Å². The highest BCUT2D eigenvalue weighted by atomic mass is 16.5. The average molecular weight is 173 g/mol. The van der Waals surface area contributed by atoms with Crippen molar-refractivity contribution in [2.45, 2.75) is 6.92 Å². The molecule has 0 aliphatic heterocycles. The Morgan fingerprint density at radius 2 is 1.92 bits per heavy atom. The molecule has 0 aromatic rings. The van der Waals surface area contributed by atoms with E-state index in [4.69, 9.17) is 0 Å². The SMILES string of the molecule is CO/C=C(/C)C(=O)NC(=O)OC. The second-order valence-electron chi connectivity index (χ2n) is 1.98. The first kappa shape index (κ1) is 10.5. The van der Waals surface area contributed by atoms with E-state index < -0.39 is 12.0 Å². The van der Waals surface area contributed by atoms with Crippen LogP contribution in [-0.2, 0) is 14.3 Å². The molecule has 0 aromatic heterocycles. The molecular weight excluding hydrogens is 162 g/mol. The molecule has 0 aliphatic carbocycles. The Labute approximate surface area is 70.3 Å². The Hall–Kier alpha value is -1.52. The molecule has 0 bridgehead atoms. The van der Waals surface area contributed by atoms with E-state index in [1.54, 1.807) is 0 Å². The van der Waals surface area contributed by atoms with E-state index in [-0.39, 0.29) is 0 Å². The molecule has 5 heteroatoms. The summed E-state index contributed by atoms with van der Waals surface area (Å²) < 4.78 is 8.78. The van der Waals surface area contributed by atoms with E-state index in [0.717, 1.165) is 0 Å². The minimum absolute atomic E-state index is 0.294. The molecule has 0 saturated heterocycles. The Morgan fingerprint density at radius 3 is 2.33 bits per heavy atom. The first-order valence-corrected chi connectivity index (χ1v) is 3.20. The normalized spacial score (nSPS) is 10.4. The van der Waals surface area contributed by atoms with Gasteiger partial charge in [-0.3, -0.25) is 10.1 Å². The number of nitrogens with one attached hydrogen (secondary N) is 1. The monoisotopic (exact) mass is 173 g/mol. The van der Waals surface area contributed by atoms with Gasteiger partial charge in [0.15, 0.2) is 0 Å². The van der Waals surface area contributed by atoms with Crippen LogP contribution in [0.25, 0.3) is 0 Å². The molecule has 0 saturated carbocycles. The summed E-state index contributed by atoms with van der Waals surface area (Å²) in [4.78, 5) is 21.5. The molecule has 0 spiro atoms. The van der Waals surface area contributed by atoms with Gasteiger partial charge in [-0.2, -0.15) is 0 Å². The molecule has 0 unspecified atom stereocenters. The molecule has 2 amide bonds. The van der Waals surface area contributed by atoms with Crippen LogP contribution in [0.1, 0.15) is 6.92 Å². The van der Waals surface area contributed by atoms with Crippen molar-refractivity contribution < 1.29 is 19.1 Å². The fraction of sp³-hybridized carbons (Fsp3) is 0.429. The van der Waals surface area contributed by atoms with Crippen LogP contribution in [0.4, 0.5) is 4.79 Å². The zero-order chi connectivity index (χ0) is 9.56. The third-order valence-electron chi connectivity index (χ3n) is 1.05. The van der Waals surface area contributed by atoms with Gasteiger partial charge in [0.05, 0.1) is 20.5 Å². The number of ether oxygens (including phenoxy) is 2. The summed E-state index contributed by atoms with van der Waals surface area (Å²) in [6.07, 6.45) is 0.446. The first-order valence-electron chi connectivity index (χ1n) is 3.20. The predicted octanol–water partition coefficient (Wildman–Crippen LogP) is 0.419. The number of alkyl carbamates (subject to hydrolysis) is 1. The molecule has 1 N–H and O–H groups in total. The maximum absolute atomic E-state index is 10.9. The summed E-state index contributed by atoms with van der Waals surface area (Å²) in [5, 5.41) is 1.97. The maximum atomic E-state index is 10.9. The molecule has 0 aromatic carbocycles. The lowest BCUT2D eigenvalue weighted by Gasteiger charge is -2.01. The van der Waals surface area contributed by atoms with E-state index in [1.807, 2.05) is 5.32 Å². The lowest BCUT2D eigenvalue weighted by molar-refractivity contribution is -0.116.